The first kappa shape index (κ1) is 16.7. The predicted molar refractivity (Wildman–Crippen MR) is 65.8 cm³/mol. The molecule has 0 aliphatic heterocycles. The van der Waals surface area contributed by atoms with Crippen LogP contribution in [0.3, 0.4) is 0 Å². The number of alkyl halides is 3. The van der Waals surface area contributed by atoms with E-state index in [0.29, 0.717) is 6.07 Å². The van der Waals surface area contributed by atoms with Crippen LogP contribution in [-0.2, 0) is 0 Å². The fourth-order valence-electron chi connectivity index (χ4n) is 2.87. The number of fused-ring (bicyclic) bond motifs is 1. The summed E-state index contributed by atoms with van der Waals surface area (Å²) < 4.78 is 71.6. The molecule has 0 fully saturated rings. The van der Waals surface area contributed by atoms with Crippen molar-refractivity contribution in [2.75, 3.05) is 7.11 Å². The van der Waals surface area contributed by atoms with Gasteiger partial charge in [0.2, 0.25) is 17.2 Å². The zero-order chi connectivity index (χ0) is 17.0. The highest BCUT2D eigenvalue weighted by atomic mass is 19.4. The Morgan fingerprint density at radius 1 is 1.27 bits per heavy atom. The number of ether oxygens (including phenoxy) is 1. The summed E-state index contributed by atoms with van der Waals surface area (Å²) in [4.78, 5) is 12.2. The zero-order valence-corrected chi connectivity index (χ0v) is 11.9. The Labute approximate surface area is 122 Å². The molecule has 1 N–H and O–H groups in total. The maximum absolute atomic E-state index is 13.7. The summed E-state index contributed by atoms with van der Waals surface area (Å²) in [5, 5.41) is 9.95. The van der Waals surface area contributed by atoms with E-state index in [9.17, 15) is 31.9 Å². The number of hydrogen-bond acceptors (Lipinski definition) is 3. The van der Waals surface area contributed by atoms with E-state index in [0.717, 1.165) is 14.0 Å². The number of carbonyl (C=O) groups excluding carboxylic acids is 1. The zero-order valence-electron chi connectivity index (χ0n) is 11.9. The number of aliphatic hydroxyl groups is 1. The SMILES string of the molecule is COc1c(F)c(F)cc2c1C(C)C(C)C(O)(C(F)(F)F)C2=O. The van der Waals surface area contributed by atoms with E-state index in [1.165, 1.54) is 6.92 Å². The molecule has 0 amide bonds. The third-order valence-electron chi connectivity index (χ3n) is 4.31. The molecule has 1 aromatic rings. The number of ketones is 1. The Morgan fingerprint density at radius 3 is 2.27 bits per heavy atom. The van der Waals surface area contributed by atoms with Crippen molar-refractivity contribution in [3.05, 3.63) is 28.8 Å². The summed E-state index contributed by atoms with van der Waals surface area (Å²) in [6.45, 7) is 2.31. The average molecular weight is 324 g/mol. The first-order valence-electron chi connectivity index (χ1n) is 6.38. The summed E-state index contributed by atoms with van der Waals surface area (Å²) in [7, 11) is 1.02. The maximum atomic E-state index is 13.7. The number of methoxy groups -OCH3 is 1. The van der Waals surface area contributed by atoms with Crippen molar-refractivity contribution in [1.82, 2.24) is 0 Å². The van der Waals surface area contributed by atoms with Crippen LogP contribution in [0.1, 0.15) is 35.7 Å². The van der Waals surface area contributed by atoms with E-state index < -0.39 is 52.3 Å². The van der Waals surface area contributed by atoms with Gasteiger partial charge in [0.1, 0.15) is 0 Å². The summed E-state index contributed by atoms with van der Waals surface area (Å²) in [5.74, 6) is -7.90. The number of halogens is 5. The highest BCUT2D eigenvalue weighted by Crippen LogP contribution is 2.51. The van der Waals surface area contributed by atoms with E-state index in [1.807, 2.05) is 0 Å². The molecule has 0 spiro atoms. The molecule has 122 valence electrons. The van der Waals surface area contributed by atoms with Gasteiger partial charge in [0.05, 0.1) is 7.11 Å². The van der Waals surface area contributed by atoms with Crippen LogP contribution in [0.2, 0.25) is 0 Å². The van der Waals surface area contributed by atoms with Crippen molar-refractivity contribution >= 4 is 5.78 Å². The first-order valence-corrected chi connectivity index (χ1v) is 6.38. The molecule has 0 saturated heterocycles. The molecule has 8 heteroatoms. The van der Waals surface area contributed by atoms with Crippen molar-refractivity contribution < 1.29 is 36.6 Å². The second kappa shape index (κ2) is 4.91. The molecule has 0 saturated carbocycles. The highest BCUT2D eigenvalue weighted by molar-refractivity contribution is 6.06. The molecular formula is C14H13F5O3. The quantitative estimate of drug-likeness (QED) is 0.807. The summed E-state index contributed by atoms with van der Waals surface area (Å²) in [6.07, 6.45) is -5.24. The highest BCUT2D eigenvalue weighted by Gasteiger charge is 2.66. The van der Waals surface area contributed by atoms with E-state index >= 15 is 0 Å². The minimum Gasteiger partial charge on any atom is -0.493 e. The molecule has 3 nitrogen and oxygen atoms in total. The molecule has 1 aromatic carbocycles. The lowest BCUT2D eigenvalue weighted by Crippen LogP contribution is -2.60. The normalized spacial score (nSPS) is 28.5. The van der Waals surface area contributed by atoms with Crippen LogP contribution in [-0.4, -0.2) is 29.8 Å². The smallest absolute Gasteiger partial charge is 0.425 e. The van der Waals surface area contributed by atoms with Gasteiger partial charge >= 0.3 is 6.18 Å². The Bertz CT molecular complexity index is 640. The molecule has 1 aliphatic rings. The molecule has 22 heavy (non-hydrogen) atoms. The number of hydrogen-bond donors (Lipinski definition) is 1. The van der Waals surface area contributed by atoms with Gasteiger partial charge in [-0.05, 0) is 12.0 Å². The predicted octanol–water partition coefficient (Wildman–Crippen LogP) is 3.20. The first-order chi connectivity index (χ1) is 9.98. The molecule has 2 rings (SSSR count). The van der Waals surface area contributed by atoms with Crippen LogP contribution in [0.25, 0.3) is 0 Å². The largest absolute Gasteiger partial charge is 0.493 e. The second-order valence-corrected chi connectivity index (χ2v) is 5.34. The van der Waals surface area contributed by atoms with E-state index in [1.54, 1.807) is 0 Å². The van der Waals surface area contributed by atoms with E-state index in [4.69, 9.17) is 4.74 Å². The minimum atomic E-state index is -5.24. The Balaban J connectivity index is 2.83. The molecule has 3 unspecified atom stereocenters. The van der Waals surface area contributed by atoms with Crippen LogP contribution in [0.5, 0.6) is 5.75 Å². The van der Waals surface area contributed by atoms with Crippen LogP contribution in [0, 0.1) is 17.6 Å². The van der Waals surface area contributed by atoms with Gasteiger partial charge in [-0.3, -0.25) is 4.79 Å². The van der Waals surface area contributed by atoms with Crippen molar-refractivity contribution in [3.8, 4) is 5.75 Å². The van der Waals surface area contributed by atoms with Gasteiger partial charge in [-0.2, -0.15) is 17.6 Å². The van der Waals surface area contributed by atoms with Gasteiger partial charge in [0.25, 0.3) is 0 Å². The lowest BCUT2D eigenvalue weighted by Gasteiger charge is -2.42. The van der Waals surface area contributed by atoms with Gasteiger partial charge in [-0.15, -0.1) is 0 Å². The van der Waals surface area contributed by atoms with Gasteiger partial charge in [0, 0.05) is 17.0 Å². The molecular weight excluding hydrogens is 311 g/mol. The number of benzene rings is 1. The standard InChI is InChI=1S/C14H13F5O3/c1-5-6(2)13(21,14(17,18)19)12(20)7-4-8(15)10(16)11(22-3)9(5)7/h4-6,21H,1-3H3. The summed E-state index contributed by atoms with van der Waals surface area (Å²) in [6, 6.07) is 0.370. The molecule has 0 aromatic heterocycles. The van der Waals surface area contributed by atoms with Crippen LogP contribution in [0.15, 0.2) is 6.07 Å². The third kappa shape index (κ3) is 1.93. The fourth-order valence-corrected chi connectivity index (χ4v) is 2.87. The lowest BCUT2D eigenvalue weighted by molar-refractivity contribution is -0.256. The molecule has 0 bridgehead atoms. The van der Waals surface area contributed by atoms with Gasteiger partial charge in [-0.25, -0.2) is 4.39 Å². The summed E-state index contributed by atoms with van der Waals surface area (Å²) in [5.41, 5.74) is -4.55. The van der Waals surface area contributed by atoms with E-state index in [2.05, 4.69) is 0 Å². The number of carbonyl (C=O) groups is 1. The van der Waals surface area contributed by atoms with E-state index in [-0.39, 0.29) is 5.56 Å². The lowest BCUT2D eigenvalue weighted by atomic mass is 9.66. The molecule has 0 radical (unpaired) electrons. The van der Waals surface area contributed by atoms with Crippen molar-refractivity contribution in [2.45, 2.75) is 31.5 Å². The molecule has 1 aliphatic carbocycles. The third-order valence-corrected chi connectivity index (χ3v) is 4.31. The van der Waals surface area contributed by atoms with Crippen molar-refractivity contribution in [2.24, 2.45) is 5.92 Å². The molecule has 3 atom stereocenters. The topological polar surface area (TPSA) is 46.5 Å². The molecule has 0 heterocycles. The van der Waals surface area contributed by atoms with Crippen LogP contribution >= 0.6 is 0 Å². The van der Waals surface area contributed by atoms with Gasteiger partial charge in [0.15, 0.2) is 11.6 Å². The number of rotatable bonds is 1. The number of Topliss-reactive ketones (excluding diaryl/α,β-unsaturated/α-hetero) is 1. The van der Waals surface area contributed by atoms with Gasteiger partial charge < -0.3 is 9.84 Å². The second-order valence-electron chi connectivity index (χ2n) is 5.34. The minimum absolute atomic E-state index is 0.173. The van der Waals surface area contributed by atoms with Crippen LogP contribution in [0.4, 0.5) is 22.0 Å². The monoisotopic (exact) mass is 324 g/mol. The Hall–Kier alpha value is -1.70. The average Bonchev–Trinajstić information content (AvgIpc) is 2.43. The van der Waals surface area contributed by atoms with Gasteiger partial charge in [-0.1, -0.05) is 13.8 Å². The summed E-state index contributed by atoms with van der Waals surface area (Å²) >= 11 is 0. The van der Waals surface area contributed by atoms with Crippen LogP contribution < -0.4 is 4.74 Å². The fraction of sp³-hybridized carbons (Fsp3) is 0.500. The maximum Gasteiger partial charge on any atom is 0.425 e. The van der Waals surface area contributed by atoms with Crippen molar-refractivity contribution in [1.29, 1.82) is 0 Å². The Morgan fingerprint density at radius 2 is 1.82 bits per heavy atom. The van der Waals surface area contributed by atoms with Crippen molar-refractivity contribution in [3.63, 3.8) is 0 Å². The Kier molecular flexibility index (Phi) is 3.72.